The molecular weight excluding hydrogens is 314 g/mol. The van der Waals surface area contributed by atoms with Crippen molar-refractivity contribution in [3.8, 4) is 0 Å². The third-order valence-corrected chi connectivity index (χ3v) is 4.16. The zero-order chi connectivity index (χ0) is 17.6. The minimum absolute atomic E-state index is 0.00632. The van der Waals surface area contributed by atoms with E-state index in [0.717, 1.165) is 11.1 Å². The van der Waals surface area contributed by atoms with Crippen molar-refractivity contribution in [2.24, 2.45) is 0 Å². The largest absolute Gasteiger partial charge is 0.424 e. The fraction of sp³-hybridized carbons (Fsp3) is 0.250. The van der Waals surface area contributed by atoms with Crippen LogP contribution in [0.5, 0.6) is 0 Å². The van der Waals surface area contributed by atoms with E-state index in [1.54, 1.807) is 6.92 Å². The smallest absolute Gasteiger partial charge is 0.235 e. The van der Waals surface area contributed by atoms with Crippen molar-refractivity contribution in [2.75, 3.05) is 0 Å². The molecule has 1 N–H and O–H groups in total. The van der Waals surface area contributed by atoms with Crippen LogP contribution in [0.4, 0.5) is 0 Å². The summed E-state index contributed by atoms with van der Waals surface area (Å²) in [6.07, 6.45) is 0.363. The first-order chi connectivity index (χ1) is 12.1. The van der Waals surface area contributed by atoms with E-state index in [-0.39, 0.29) is 18.4 Å². The molecule has 1 aromatic heterocycles. The van der Waals surface area contributed by atoms with Gasteiger partial charge in [0.05, 0.1) is 6.54 Å². The van der Waals surface area contributed by atoms with Crippen molar-refractivity contribution in [3.63, 3.8) is 0 Å². The predicted molar refractivity (Wildman–Crippen MR) is 95.0 cm³/mol. The molecule has 0 bridgehead atoms. The zero-order valence-corrected chi connectivity index (χ0v) is 14.4. The van der Waals surface area contributed by atoms with E-state index < -0.39 is 0 Å². The van der Waals surface area contributed by atoms with Crippen molar-refractivity contribution in [1.82, 2.24) is 15.5 Å². The van der Waals surface area contributed by atoms with Crippen LogP contribution < -0.4 is 5.32 Å². The Morgan fingerprint density at radius 2 is 1.76 bits per heavy atom. The Morgan fingerprint density at radius 3 is 2.44 bits per heavy atom. The van der Waals surface area contributed by atoms with E-state index in [9.17, 15) is 4.79 Å². The van der Waals surface area contributed by atoms with Gasteiger partial charge in [-0.15, -0.1) is 10.2 Å². The van der Waals surface area contributed by atoms with Gasteiger partial charge >= 0.3 is 0 Å². The number of nitrogens with one attached hydrogen (secondary N) is 1. The number of aromatic nitrogens is 2. The Hall–Kier alpha value is -2.95. The molecule has 0 radical (unpaired) electrons. The van der Waals surface area contributed by atoms with Gasteiger partial charge in [0.15, 0.2) is 0 Å². The second kappa shape index (κ2) is 7.75. The van der Waals surface area contributed by atoms with E-state index in [0.29, 0.717) is 18.2 Å². The molecule has 5 heteroatoms. The number of hydrogen-bond donors (Lipinski definition) is 1. The number of amides is 1. The highest BCUT2D eigenvalue weighted by molar-refractivity contribution is 5.77. The second-order valence-corrected chi connectivity index (χ2v) is 6.02. The summed E-state index contributed by atoms with van der Waals surface area (Å²) in [5.74, 6) is 0.865. The van der Waals surface area contributed by atoms with Gasteiger partial charge in [0.25, 0.3) is 0 Å². The Morgan fingerprint density at radius 1 is 1.04 bits per heavy atom. The number of benzene rings is 2. The molecule has 0 aliphatic heterocycles. The predicted octanol–water partition coefficient (Wildman–Crippen LogP) is 3.52. The average molecular weight is 335 g/mol. The van der Waals surface area contributed by atoms with Gasteiger partial charge in [0.2, 0.25) is 17.7 Å². The lowest BCUT2D eigenvalue weighted by molar-refractivity contribution is -0.121. The van der Waals surface area contributed by atoms with Crippen molar-refractivity contribution in [2.45, 2.75) is 32.7 Å². The standard InChI is InChI=1S/C20H21N3O2/c1-14-8-6-7-11-17(14)18(16-9-4-3-5-10-16)12-19(24)21-13-20-23-22-15(2)25-20/h3-11,18H,12-13H2,1-2H3,(H,21,24)/t18-/m0/s1. The number of carbonyl (C=O) groups is 1. The molecule has 2 aromatic carbocycles. The first-order valence-electron chi connectivity index (χ1n) is 8.29. The summed E-state index contributed by atoms with van der Waals surface area (Å²) >= 11 is 0. The lowest BCUT2D eigenvalue weighted by atomic mass is 9.86. The molecule has 3 rings (SSSR count). The fourth-order valence-electron chi connectivity index (χ4n) is 2.91. The minimum Gasteiger partial charge on any atom is -0.424 e. The Kier molecular flexibility index (Phi) is 5.23. The summed E-state index contributed by atoms with van der Waals surface area (Å²) in [4.78, 5) is 12.5. The topological polar surface area (TPSA) is 68.0 Å². The monoisotopic (exact) mass is 335 g/mol. The maximum atomic E-state index is 12.5. The number of hydrogen-bond acceptors (Lipinski definition) is 4. The number of aryl methyl sites for hydroxylation is 2. The molecule has 0 spiro atoms. The minimum atomic E-state index is -0.0482. The van der Waals surface area contributed by atoms with Crippen LogP contribution in [0.25, 0.3) is 0 Å². The van der Waals surface area contributed by atoms with Crippen molar-refractivity contribution >= 4 is 5.91 Å². The summed E-state index contributed by atoms with van der Waals surface area (Å²) in [5, 5.41) is 10.5. The van der Waals surface area contributed by atoms with E-state index in [2.05, 4.69) is 46.7 Å². The van der Waals surface area contributed by atoms with Crippen LogP contribution >= 0.6 is 0 Å². The van der Waals surface area contributed by atoms with Crippen LogP contribution in [-0.4, -0.2) is 16.1 Å². The summed E-state index contributed by atoms with van der Waals surface area (Å²) in [7, 11) is 0. The maximum absolute atomic E-state index is 12.5. The highest BCUT2D eigenvalue weighted by atomic mass is 16.4. The van der Waals surface area contributed by atoms with Gasteiger partial charge in [-0.05, 0) is 23.6 Å². The van der Waals surface area contributed by atoms with Crippen LogP contribution in [0.2, 0.25) is 0 Å². The maximum Gasteiger partial charge on any atom is 0.235 e. The normalized spacial score (nSPS) is 11.9. The van der Waals surface area contributed by atoms with Crippen molar-refractivity contribution in [3.05, 3.63) is 83.1 Å². The van der Waals surface area contributed by atoms with Gasteiger partial charge in [-0.25, -0.2) is 0 Å². The molecule has 0 aliphatic carbocycles. The van der Waals surface area contributed by atoms with E-state index in [4.69, 9.17) is 4.42 Å². The van der Waals surface area contributed by atoms with Crippen LogP contribution in [0.15, 0.2) is 59.0 Å². The summed E-state index contributed by atoms with van der Waals surface area (Å²) in [6, 6.07) is 18.3. The Bertz CT molecular complexity index is 843. The number of rotatable bonds is 6. The lowest BCUT2D eigenvalue weighted by Crippen LogP contribution is -2.25. The molecule has 25 heavy (non-hydrogen) atoms. The molecule has 128 valence electrons. The van der Waals surface area contributed by atoms with Crippen molar-refractivity contribution in [1.29, 1.82) is 0 Å². The van der Waals surface area contributed by atoms with Gasteiger partial charge in [0, 0.05) is 19.3 Å². The Labute approximate surface area is 147 Å². The first-order valence-corrected chi connectivity index (χ1v) is 8.29. The number of nitrogens with zero attached hydrogens (tertiary/aromatic N) is 2. The van der Waals surface area contributed by atoms with Crippen molar-refractivity contribution < 1.29 is 9.21 Å². The van der Waals surface area contributed by atoms with Gasteiger partial charge in [-0.2, -0.15) is 0 Å². The quantitative estimate of drug-likeness (QED) is 0.748. The van der Waals surface area contributed by atoms with Crippen LogP contribution in [0.1, 0.15) is 40.8 Å². The molecule has 0 aliphatic rings. The third kappa shape index (κ3) is 4.32. The number of carbonyl (C=O) groups excluding carboxylic acids is 1. The van der Waals surface area contributed by atoms with Crippen LogP contribution in [0, 0.1) is 13.8 Å². The molecule has 0 saturated carbocycles. The molecule has 1 atom stereocenters. The fourth-order valence-corrected chi connectivity index (χ4v) is 2.91. The molecule has 0 unspecified atom stereocenters. The summed E-state index contributed by atoms with van der Waals surface area (Å²) in [5.41, 5.74) is 3.47. The molecule has 0 saturated heterocycles. The molecule has 1 heterocycles. The van der Waals surface area contributed by atoms with Crippen LogP contribution in [0.3, 0.4) is 0 Å². The SMILES string of the molecule is Cc1nnc(CNC(=O)C[C@@H](c2ccccc2)c2ccccc2C)o1. The molecular formula is C20H21N3O2. The van der Waals surface area contributed by atoms with Crippen LogP contribution in [-0.2, 0) is 11.3 Å². The zero-order valence-electron chi connectivity index (χ0n) is 14.4. The summed E-state index contributed by atoms with van der Waals surface area (Å²) < 4.78 is 5.29. The average Bonchev–Trinajstić information content (AvgIpc) is 3.05. The van der Waals surface area contributed by atoms with E-state index in [1.807, 2.05) is 30.3 Å². The van der Waals surface area contributed by atoms with Gasteiger partial charge in [0.1, 0.15) is 0 Å². The van der Waals surface area contributed by atoms with E-state index in [1.165, 1.54) is 5.56 Å². The molecule has 0 fully saturated rings. The second-order valence-electron chi connectivity index (χ2n) is 6.02. The molecule has 1 amide bonds. The highest BCUT2D eigenvalue weighted by Crippen LogP contribution is 2.30. The van der Waals surface area contributed by atoms with Gasteiger partial charge in [-0.3, -0.25) is 4.79 Å². The Balaban J connectivity index is 1.76. The van der Waals surface area contributed by atoms with Gasteiger partial charge < -0.3 is 9.73 Å². The lowest BCUT2D eigenvalue weighted by Gasteiger charge is -2.19. The first kappa shape index (κ1) is 16.9. The third-order valence-electron chi connectivity index (χ3n) is 4.16. The summed E-state index contributed by atoms with van der Waals surface area (Å²) in [6.45, 7) is 4.04. The highest BCUT2D eigenvalue weighted by Gasteiger charge is 2.20. The van der Waals surface area contributed by atoms with E-state index >= 15 is 0 Å². The molecule has 5 nitrogen and oxygen atoms in total. The van der Waals surface area contributed by atoms with Gasteiger partial charge in [-0.1, -0.05) is 54.6 Å². The molecule has 3 aromatic rings.